The van der Waals surface area contributed by atoms with Crippen molar-refractivity contribution in [2.75, 3.05) is 24.6 Å². The van der Waals surface area contributed by atoms with Crippen molar-refractivity contribution in [2.24, 2.45) is 12.8 Å². The molecular formula is C16H22N4O. The lowest BCUT2D eigenvalue weighted by Gasteiger charge is -2.32. The Balaban J connectivity index is 2.02. The minimum atomic E-state index is 0.126. The highest BCUT2D eigenvalue weighted by molar-refractivity contribution is 5.60. The van der Waals surface area contributed by atoms with Crippen LogP contribution in [-0.2, 0) is 7.05 Å². The van der Waals surface area contributed by atoms with Crippen LogP contribution in [0.2, 0.25) is 0 Å². The Morgan fingerprint density at radius 2 is 2.19 bits per heavy atom. The highest BCUT2D eigenvalue weighted by Gasteiger charge is 2.26. The summed E-state index contributed by atoms with van der Waals surface area (Å²) in [6.45, 7) is 4.28. The van der Waals surface area contributed by atoms with Gasteiger partial charge in [-0.05, 0) is 25.5 Å². The molecule has 1 atom stereocenters. The van der Waals surface area contributed by atoms with Crippen LogP contribution in [-0.4, -0.2) is 29.5 Å². The molecule has 0 spiro atoms. The molecule has 1 aromatic heterocycles. The maximum atomic E-state index is 6.10. The third-order valence-corrected chi connectivity index (χ3v) is 3.99. The molecule has 2 heterocycles. The smallest absolute Gasteiger partial charge is 0.142 e. The molecule has 0 saturated heterocycles. The number of ether oxygens (including phenoxy) is 1. The zero-order valence-electron chi connectivity index (χ0n) is 12.6. The van der Waals surface area contributed by atoms with Crippen LogP contribution in [0.5, 0.6) is 5.75 Å². The number of aromatic nitrogens is 2. The fraction of sp³-hybridized carbons (Fsp3) is 0.438. The fourth-order valence-electron chi connectivity index (χ4n) is 3.04. The first kappa shape index (κ1) is 13.9. The fourth-order valence-corrected chi connectivity index (χ4v) is 3.04. The first-order valence-electron chi connectivity index (χ1n) is 7.39. The summed E-state index contributed by atoms with van der Waals surface area (Å²) in [5, 5.41) is 4.46. The maximum Gasteiger partial charge on any atom is 0.142 e. The van der Waals surface area contributed by atoms with Gasteiger partial charge in [-0.3, -0.25) is 4.68 Å². The van der Waals surface area contributed by atoms with Crippen LogP contribution in [0.3, 0.4) is 0 Å². The summed E-state index contributed by atoms with van der Waals surface area (Å²) in [4.78, 5) is 2.35. The first-order chi connectivity index (χ1) is 10.2. The first-order valence-corrected chi connectivity index (χ1v) is 7.39. The van der Waals surface area contributed by atoms with Gasteiger partial charge in [0.1, 0.15) is 5.75 Å². The Kier molecular flexibility index (Phi) is 3.84. The summed E-state index contributed by atoms with van der Waals surface area (Å²) < 4.78 is 7.70. The molecule has 0 saturated carbocycles. The number of fused-ring (bicyclic) bond motifs is 1. The van der Waals surface area contributed by atoms with Crippen molar-refractivity contribution in [3.8, 4) is 5.75 Å². The van der Waals surface area contributed by atoms with Crippen molar-refractivity contribution < 1.29 is 4.74 Å². The number of aryl methyl sites for hydroxylation is 2. The monoisotopic (exact) mass is 286 g/mol. The van der Waals surface area contributed by atoms with Gasteiger partial charge >= 0.3 is 0 Å². The number of nitrogens with two attached hydrogens (primary N) is 1. The van der Waals surface area contributed by atoms with E-state index in [9.17, 15) is 0 Å². The summed E-state index contributed by atoms with van der Waals surface area (Å²) in [6, 6.07) is 8.31. The van der Waals surface area contributed by atoms with Crippen LogP contribution in [0.25, 0.3) is 0 Å². The molecule has 0 fully saturated rings. The van der Waals surface area contributed by atoms with Crippen molar-refractivity contribution >= 4 is 5.69 Å². The van der Waals surface area contributed by atoms with Crippen molar-refractivity contribution in [3.05, 3.63) is 41.7 Å². The molecule has 0 radical (unpaired) electrons. The molecule has 1 aliphatic rings. The molecule has 5 heteroatoms. The standard InChI is InChI=1S/C16H22N4O/c1-12-13(11-19(2)18-12)15(10-17)20-8-5-9-21-16-7-4-3-6-14(16)20/h3-4,6-7,11,15H,5,8-10,17H2,1-2H3. The minimum absolute atomic E-state index is 0.126. The summed E-state index contributed by atoms with van der Waals surface area (Å²) in [6.07, 6.45) is 3.06. The lowest BCUT2D eigenvalue weighted by Crippen LogP contribution is -2.34. The molecule has 112 valence electrons. The second kappa shape index (κ2) is 5.77. The van der Waals surface area contributed by atoms with E-state index in [1.807, 2.05) is 36.9 Å². The predicted octanol–water partition coefficient (Wildman–Crippen LogP) is 2.02. The van der Waals surface area contributed by atoms with Crippen molar-refractivity contribution in [2.45, 2.75) is 19.4 Å². The second-order valence-corrected chi connectivity index (χ2v) is 5.46. The largest absolute Gasteiger partial charge is 0.491 e. The van der Waals surface area contributed by atoms with Gasteiger partial charge in [0.05, 0.1) is 24.0 Å². The number of para-hydroxylation sites is 2. The molecule has 5 nitrogen and oxygen atoms in total. The molecule has 3 rings (SSSR count). The molecule has 2 aromatic rings. The van der Waals surface area contributed by atoms with Crippen molar-refractivity contribution in [1.29, 1.82) is 0 Å². The van der Waals surface area contributed by atoms with E-state index in [0.717, 1.165) is 36.7 Å². The van der Waals surface area contributed by atoms with E-state index >= 15 is 0 Å². The van der Waals surface area contributed by atoms with Crippen LogP contribution in [0.4, 0.5) is 5.69 Å². The number of hydrogen-bond acceptors (Lipinski definition) is 4. The Morgan fingerprint density at radius 3 is 2.90 bits per heavy atom. The molecule has 2 N–H and O–H groups in total. The Morgan fingerprint density at radius 1 is 1.38 bits per heavy atom. The van der Waals surface area contributed by atoms with Crippen LogP contribution < -0.4 is 15.4 Å². The van der Waals surface area contributed by atoms with E-state index in [2.05, 4.69) is 22.3 Å². The van der Waals surface area contributed by atoms with Gasteiger partial charge in [-0.1, -0.05) is 12.1 Å². The molecule has 0 amide bonds. The van der Waals surface area contributed by atoms with E-state index in [0.29, 0.717) is 6.54 Å². The Labute approximate surface area is 125 Å². The van der Waals surface area contributed by atoms with E-state index in [4.69, 9.17) is 10.5 Å². The van der Waals surface area contributed by atoms with Gasteiger partial charge in [-0.15, -0.1) is 0 Å². The van der Waals surface area contributed by atoms with E-state index in [-0.39, 0.29) is 6.04 Å². The molecule has 1 aromatic carbocycles. The van der Waals surface area contributed by atoms with Crippen LogP contribution >= 0.6 is 0 Å². The van der Waals surface area contributed by atoms with Gasteiger partial charge in [-0.2, -0.15) is 5.10 Å². The average Bonchev–Trinajstić information content (AvgIpc) is 2.70. The highest BCUT2D eigenvalue weighted by Crippen LogP contribution is 2.36. The lowest BCUT2D eigenvalue weighted by molar-refractivity contribution is 0.322. The molecule has 1 unspecified atom stereocenters. The molecule has 0 bridgehead atoms. The third-order valence-electron chi connectivity index (χ3n) is 3.99. The van der Waals surface area contributed by atoms with Crippen LogP contribution in [0.1, 0.15) is 23.7 Å². The lowest BCUT2D eigenvalue weighted by atomic mass is 10.0. The molecule has 21 heavy (non-hydrogen) atoms. The normalized spacial score (nSPS) is 16.0. The molecular weight excluding hydrogens is 264 g/mol. The molecule has 0 aliphatic carbocycles. The number of anilines is 1. The summed E-state index contributed by atoms with van der Waals surface area (Å²) >= 11 is 0. The van der Waals surface area contributed by atoms with Crippen LogP contribution in [0.15, 0.2) is 30.5 Å². The Hall–Kier alpha value is -2.01. The van der Waals surface area contributed by atoms with Crippen LogP contribution in [0, 0.1) is 6.92 Å². The Bertz CT molecular complexity index is 622. The van der Waals surface area contributed by atoms with E-state index in [1.165, 1.54) is 5.56 Å². The summed E-state index contributed by atoms with van der Waals surface area (Å²) in [7, 11) is 1.95. The van der Waals surface area contributed by atoms with Gasteiger partial charge in [0.2, 0.25) is 0 Å². The number of benzene rings is 1. The van der Waals surface area contributed by atoms with E-state index in [1.54, 1.807) is 0 Å². The molecule has 1 aliphatic heterocycles. The topological polar surface area (TPSA) is 56.3 Å². The van der Waals surface area contributed by atoms with Crippen molar-refractivity contribution in [3.63, 3.8) is 0 Å². The second-order valence-electron chi connectivity index (χ2n) is 5.46. The minimum Gasteiger partial charge on any atom is -0.491 e. The van der Waals surface area contributed by atoms with Crippen molar-refractivity contribution in [1.82, 2.24) is 9.78 Å². The summed E-state index contributed by atoms with van der Waals surface area (Å²) in [5.74, 6) is 0.940. The predicted molar refractivity (Wildman–Crippen MR) is 83.6 cm³/mol. The third kappa shape index (κ3) is 2.61. The van der Waals surface area contributed by atoms with Gasteiger partial charge in [-0.25, -0.2) is 0 Å². The maximum absolute atomic E-state index is 6.10. The number of nitrogens with zero attached hydrogens (tertiary/aromatic N) is 3. The number of rotatable bonds is 3. The zero-order chi connectivity index (χ0) is 14.8. The average molecular weight is 286 g/mol. The van der Waals surface area contributed by atoms with Gasteiger partial charge in [0.25, 0.3) is 0 Å². The van der Waals surface area contributed by atoms with Gasteiger partial charge in [0.15, 0.2) is 0 Å². The SMILES string of the molecule is Cc1nn(C)cc1C(CN)N1CCCOc2ccccc21. The van der Waals surface area contributed by atoms with Gasteiger partial charge in [0, 0.05) is 31.9 Å². The van der Waals surface area contributed by atoms with Gasteiger partial charge < -0.3 is 15.4 Å². The number of hydrogen-bond donors (Lipinski definition) is 1. The summed E-state index contributed by atoms with van der Waals surface area (Å²) in [5.41, 5.74) is 9.45. The van der Waals surface area contributed by atoms with E-state index < -0.39 is 0 Å². The zero-order valence-corrected chi connectivity index (χ0v) is 12.6. The quantitative estimate of drug-likeness (QED) is 0.938. The highest BCUT2D eigenvalue weighted by atomic mass is 16.5.